The summed E-state index contributed by atoms with van der Waals surface area (Å²) in [6.07, 6.45) is 2.43. The zero-order chi connectivity index (χ0) is 13.4. The predicted octanol–water partition coefficient (Wildman–Crippen LogP) is 3.13. The summed E-state index contributed by atoms with van der Waals surface area (Å²) in [5.41, 5.74) is 2.49. The number of benzene rings is 1. The van der Waals surface area contributed by atoms with Crippen molar-refractivity contribution in [2.75, 3.05) is 12.9 Å². The largest absolute Gasteiger partial charge is 0.496 e. The number of rotatable bonds is 3. The Hall–Kier alpha value is -0.870. The third kappa shape index (κ3) is 2.43. The van der Waals surface area contributed by atoms with Gasteiger partial charge in [0.25, 0.3) is 0 Å². The lowest BCUT2D eigenvalue weighted by Gasteiger charge is -2.17. The molecule has 2 heterocycles. The number of hydrogen-bond donors (Lipinski definition) is 1. The molecule has 1 aromatic carbocycles. The topological polar surface area (TPSA) is 30.5 Å². The van der Waals surface area contributed by atoms with E-state index in [4.69, 9.17) is 9.47 Å². The number of fused-ring (bicyclic) bond motifs is 1. The molecular weight excluding hydrogens is 258 g/mol. The van der Waals surface area contributed by atoms with Gasteiger partial charge < -0.3 is 9.47 Å². The minimum Gasteiger partial charge on any atom is -0.496 e. The molecular formula is C15H21NO2S. The Balaban J connectivity index is 1.91. The zero-order valence-electron chi connectivity index (χ0n) is 11.7. The maximum Gasteiger partial charge on any atom is 0.125 e. The molecule has 3 unspecified atom stereocenters. The van der Waals surface area contributed by atoms with Crippen LogP contribution < -0.4 is 14.8 Å². The van der Waals surface area contributed by atoms with Crippen LogP contribution >= 0.6 is 11.8 Å². The van der Waals surface area contributed by atoms with Gasteiger partial charge >= 0.3 is 0 Å². The van der Waals surface area contributed by atoms with Gasteiger partial charge in [-0.15, -0.1) is 11.8 Å². The molecule has 0 spiro atoms. The molecule has 3 rings (SSSR count). The van der Waals surface area contributed by atoms with Crippen molar-refractivity contribution in [3.8, 4) is 11.5 Å². The van der Waals surface area contributed by atoms with Crippen molar-refractivity contribution in [3.05, 3.63) is 23.3 Å². The summed E-state index contributed by atoms with van der Waals surface area (Å²) in [4.78, 5) is 0. The van der Waals surface area contributed by atoms with Gasteiger partial charge in [-0.1, -0.05) is 6.92 Å². The Morgan fingerprint density at radius 1 is 1.47 bits per heavy atom. The highest BCUT2D eigenvalue weighted by molar-refractivity contribution is 7.99. The minimum absolute atomic E-state index is 0.280. The molecule has 2 aliphatic heterocycles. The van der Waals surface area contributed by atoms with Crippen molar-refractivity contribution in [2.45, 2.75) is 44.2 Å². The van der Waals surface area contributed by atoms with Crippen LogP contribution in [0, 0.1) is 0 Å². The van der Waals surface area contributed by atoms with Gasteiger partial charge in [-0.05, 0) is 25.5 Å². The fourth-order valence-corrected chi connectivity index (χ4v) is 4.18. The average molecular weight is 279 g/mol. The van der Waals surface area contributed by atoms with Gasteiger partial charge in [0.05, 0.1) is 12.5 Å². The Morgan fingerprint density at radius 3 is 3.00 bits per heavy atom. The van der Waals surface area contributed by atoms with Crippen molar-refractivity contribution in [2.24, 2.45) is 0 Å². The summed E-state index contributed by atoms with van der Waals surface area (Å²) >= 11 is 1.96. The Bertz CT molecular complexity index is 477. The van der Waals surface area contributed by atoms with Gasteiger partial charge in [-0.25, -0.2) is 0 Å². The van der Waals surface area contributed by atoms with E-state index < -0.39 is 0 Å². The maximum absolute atomic E-state index is 5.87. The number of hydrogen-bond acceptors (Lipinski definition) is 4. The number of methoxy groups -OCH3 is 1. The van der Waals surface area contributed by atoms with Crippen molar-refractivity contribution in [3.63, 3.8) is 0 Å². The van der Waals surface area contributed by atoms with Crippen molar-refractivity contribution in [1.82, 2.24) is 5.32 Å². The molecule has 1 N–H and O–H groups in total. The fraction of sp³-hybridized carbons (Fsp3) is 0.600. The van der Waals surface area contributed by atoms with Gasteiger partial charge in [0, 0.05) is 29.3 Å². The van der Waals surface area contributed by atoms with Gasteiger partial charge in [0.1, 0.15) is 17.6 Å². The summed E-state index contributed by atoms with van der Waals surface area (Å²) in [5, 5.41) is 3.99. The number of thioether (sulfide) groups is 1. The van der Waals surface area contributed by atoms with Crippen LogP contribution in [0.25, 0.3) is 0 Å². The lowest BCUT2D eigenvalue weighted by Crippen LogP contribution is -2.24. The summed E-state index contributed by atoms with van der Waals surface area (Å²) in [5.74, 6) is 3.18. The second-order valence-electron chi connectivity index (χ2n) is 5.32. The standard InChI is InChI=1S/C15H21NO2S/c1-4-11-8-19-15(16-11)12-7-13-10(5-9(2)18-13)6-14(12)17-3/h6-7,9,11,15-16H,4-5,8H2,1-3H3. The molecule has 0 radical (unpaired) electrons. The van der Waals surface area contributed by atoms with Crippen molar-refractivity contribution < 1.29 is 9.47 Å². The average Bonchev–Trinajstić information content (AvgIpc) is 3.01. The highest BCUT2D eigenvalue weighted by Crippen LogP contribution is 2.43. The van der Waals surface area contributed by atoms with Crippen LogP contribution in [0.5, 0.6) is 11.5 Å². The van der Waals surface area contributed by atoms with E-state index in [0.717, 1.165) is 17.9 Å². The number of ether oxygens (including phenoxy) is 2. The molecule has 3 atom stereocenters. The Labute approximate surface area is 119 Å². The maximum atomic E-state index is 5.87. The molecule has 19 heavy (non-hydrogen) atoms. The second kappa shape index (κ2) is 5.25. The van der Waals surface area contributed by atoms with Crippen LogP contribution in [-0.2, 0) is 6.42 Å². The second-order valence-corrected chi connectivity index (χ2v) is 6.46. The molecule has 0 bridgehead atoms. The van der Waals surface area contributed by atoms with Crippen LogP contribution in [0.2, 0.25) is 0 Å². The molecule has 2 aliphatic rings. The van der Waals surface area contributed by atoms with E-state index in [0.29, 0.717) is 11.4 Å². The molecule has 1 fully saturated rings. The summed E-state index contributed by atoms with van der Waals surface area (Å²) in [7, 11) is 1.75. The van der Waals surface area contributed by atoms with Crippen LogP contribution in [-0.4, -0.2) is 25.0 Å². The SMILES string of the molecule is CCC1CSC(c2cc3c(cc2OC)CC(C)O3)N1. The summed E-state index contributed by atoms with van der Waals surface area (Å²) < 4.78 is 11.4. The van der Waals surface area contributed by atoms with Crippen LogP contribution in [0.1, 0.15) is 36.8 Å². The quantitative estimate of drug-likeness (QED) is 0.921. The fourth-order valence-electron chi connectivity index (χ4n) is 2.77. The summed E-state index contributed by atoms with van der Waals surface area (Å²) in [6.45, 7) is 4.34. The van der Waals surface area contributed by atoms with Gasteiger partial charge in [0.15, 0.2) is 0 Å². The molecule has 4 heteroatoms. The van der Waals surface area contributed by atoms with E-state index in [-0.39, 0.29) is 6.10 Å². The normalized spacial score (nSPS) is 29.1. The molecule has 104 valence electrons. The monoisotopic (exact) mass is 279 g/mol. The number of nitrogens with one attached hydrogen (secondary N) is 1. The van der Waals surface area contributed by atoms with E-state index in [2.05, 4.69) is 31.3 Å². The molecule has 1 saturated heterocycles. The lowest BCUT2D eigenvalue weighted by atomic mass is 10.1. The molecule has 0 saturated carbocycles. The smallest absolute Gasteiger partial charge is 0.125 e. The van der Waals surface area contributed by atoms with Gasteiger partial charge in [-0.3, -0.25) is 5.32 Å². The lowest BCUT2D eigenvalue weighted by molar-refractivity contribution is 0.254. The zero-order valence-corrected chi connectivity index (χ0v) is 12.5. The third-order valence-electron chi connectivity index (χ3n) is 3.87. The van der Waals surface area contributed by atoms with E-state index in [9.17, 15) is 0 Å². The molecule has 0 aromatic heterocycles. The van der Waals surface area contributed by atoms with E-state index in [1.165, 1.54) is 23.3 Å². The molecule has 1 aromatic rings. The van der Waals surface area contributed by atoms with E-state index in [1.807, 2.05) is 11.8 Å². The first-order valence-electron chi connectivity index (χ1n) is 6.96. The highest BCUT2D eigenvalue weighted by Gasteiger charge is 2.29. The van der Waals surface area contributed by atoms with Crippen LogP contribution in [0.3, 0.4) is 0 Å². The highest BCUT2D eigenvalue weighted by atomic mass is 32.2. The molecule has 0 aliphatic carbocycles. The Kier molecular flexibility index (Phi) is 3.63. The van der Waals surface area contributed by atoms with E-state index in [1.54, 1.807) is 7.11 Å². The van der Waals surface area contributed by atoms with Crippen molar-refractivity contribution >= 4 is 11.8 Å². The first kappa shape index (κ1) is 13.1. The third-order valence-corrected chi connectivity index (χ3v) is 5.19. The molecule has 0 amide bonds. The Morgan fingerprint density at radius 2 is 2.32 bits per heavy atom. The van der Waals surface area contributed by atoms with Crippen LogP contribution in [0.15, 0.2) is 12.1 Å². The first-order valence-corrected chi connectivity index (χ1v) is 8.01. The van der Waals surface area contributed by atoms with Crippen LogP contribution in [0.4, 0.5) is 0 Å². The minimum atomic E-state index is 0.280. The van der Waals surface area contributed by atoms with Gasteiger partial charge in [0.2, 0.25) is 0 Å². The van der Waals surface area contributed by atoms with Crippen molar-refractivity contribution in [1.29, 1.82) is 0 Å². The van der Waals surface area contributed by atoms with E-state index >= 15 is 0 Å². The first-order chi connectivity index (χ1) is 9.21. The predicted molar refractivity (Wildman–Crippen MR) is 79.2 cm³/mol. The van der Waals surface area contributed by atoms with Gasteiger partial charge in [-0.2, -0.15) is 0 Å². The molecule has 3 nitrogen and oxygen atoms in total. The summed E-state index contributed by atoms with van der Waals surface area (Å²) in [6, 6.07) is 4.92.